The molecule has 0 aliphatic carbocycles. The average molecular weight is 342 g/mol. The van der Waals surface area contributed by atoms with Gasteiger partial charge in [0.15, 0.2) is 0 Å². The van der Waals surface area contributed by atoms with Crippen LogP contribution in [-0.4, -0.2) is 41.4 Å². The lowest BCUT2D eigenvalue weighted by molar-refractivity contribution is -0.138. The average Bonchev–Trinajstić information content (AvgIpc) is 3.11. The van der Waals surface area contributed by atoms with Crippen molar-refractivity contribution in [2.45, 2.75) is 42.8 Å². The number of fused-ring (bicyclic) bond motifs is 1. The number of alkyl halides is 3. The second-order valence-corrected chi connectivity index (χ2v) is 7.01. The van der Waals surface area contributed by atoms with Gasteiger partial charge in [-0.05, 0) is 55.8 Å². The summed E-state index contributed by atoms with van der Waals surface area (Å²) >= 11 is 1.70. The van der Waals surface area contributed by atoms with E-state index in [2.05, 4.69) is 23.2 Å². The fourth-order valence-corrected chi connectivity index (χ4v) is 3.84. The van der Waals surface area contributed by atoms with Gasteiger partial charge in [-0.1, -0.05) is 0 Å². The van der Waals surface area contributed by atoms with Crippen LogP contribution in [0.15, 0.2) is 29.3 Å². The zero-order chi connectivity index (χ0) is 16.4. The molecule has 1 aromatic heterocycles. The number of rotatable bonds is 5. The highest BCUT2D eigenvalue weighted by Crippen LogP contribution is 2.29. The molecular formula is C17H21F3N2S. The van der Waals surface area contributed by atoms with Crippen LogP contribution in [0, 0.1) is 0 Å². The van der Waals surface area contributed by atoms with Crippen molar-refractivity contribution >= 4 is 22.7 Å². The predicted octanol–water partition coefficient (Wildman–Crippen LogP) is 4.85. The summed E-state index contributed by atoms with van der Waals surface area (Å²) in [5, 5.41) is 1.19. The van der Waals surface area contributed by atoms with Crippen molar-refractivity contribution in [1.29, 1.82) is 0 Å². The Labute approximate surface area is 138 Å². The van der Waals surface area contributed by atoms with Gasteiger partial charge in [0.05, 0.1) is 6.42 Å². The van der Waals surface area contributed by atoms with Crippen molar-refractivity contribution in [2.24, 2.45) is 0 Å². The molecule has 0 spiro atoms. The lowest BCUT2D eigenvalue weighted by Crippen LogP contribution is -2.34. The molecule has 1 atom stereocenters. The lowest BCUT2D eigenvalue weighted by Gasteiger charge is -2.24. The molecule has 0 saturated carbocycles. The van der Waals surface area contributed by atoms with Crippen LogP contribution >= 0.6 is 11.8 Å². The third-order valence-electron chi connectivity index (χ3n) is 4.61. The summed E-state index contributed by atoms with van der Waals surface area (Å²) in [7, 11) is 0. The van der Waals surface area contributed by atoms with Gasteiger partial charge in [0.2, 0.25) is 0 Å². The summed E-state index contributed by atoms with van der Waals surface area (Å²) < 4.78 is 37.4. The van der Waals surface area contributed by atoms with Gasteiger partial charge in [0.25, 0.3) is 0 Å². The SMILES string of the molecule is CSc1ccc2[nH]cc(C[C@H]3CCCN3CCC(F)(F)F)c2c1. The van der Waals surface area contributed by atoms with Gasteiger partial charge in [-0.2, -0.15) is 13.2 Å². The van der Waals surface area contributed by atoms with E-state index in [1.54, 1.807) is 11.8 Å². The number of thioether (sulfide) groups is 1. The summed E-state index contributed by atoms with van der Waals surface area (Å²) in [5.41, 5.74) is 2.30. The molecule has 126 valence electrons. The largest absolute Gasteiger partial charge is 0.390 e. The first-order valence-corrected chi connectivity index (χ1v) is 9.13. The zero-order valence-corrected chi connectivity index (χ0v) is 13.9. The standard InChI is InChI=1S/C17H21F3N2S/c1-23-14-4-5-16-15(10-14)12(11-21-16)9-13-3-2-7-22(13)8-6-17(18,19)20/h4-5,10-11,13,21H,2-3,6-9H2,1H3/t13-/m1/s1. The predicted molar refractivity (Wildman–Crippen MR) is 89.1 cm³/mol. The van der Waals surface area contributed by atoms with Crippen LogP contribution in [-0.2, 0) is 6.42 Å². The Bertz CT molecular complexity index is 665. The van der Waals surface area contributed by atoms with E-state index >= 15 is 0 Å². The van der Waals surface area contributed by atoms with Crippen LogP contribution in [0.5, 0.6) is 0 Å². The van der Waals surface area contributed by atoms with Crippen molar-refractivity contribution in [1.82, 2.24) is 9.88 Å². The van der Waals surface area contributed by atoms with E-state index in [0.717, 1.165) is 31.3 Å². The molecule has 1 N–H and O–H groups in total. The monoisotopic (exact) mass is 342 g/mol. The van der Waals surface area contributed by atoms with Crippen molar-refractivity contribution in [3.8, 4) is 0 Å². The molecule has 0 radical (unpaired) electrons. The van der Waals surface area contributed by atoms with E-state index in [4.69, 9.17) is 0 Å². The maximum Gasteiger partial charge on any atom is 0.390 e. The fourth-order valence-electron chi connectivity index (χ4n) is 3.40. The highest BCUT2D eigenvalue weighted by Gasteiger charge is 2.31. The maximum atomic E-state index is 12.5. The Morgan fingerprint density at radius 3 is 2.91 bits per heavy atom. The summed E-state index contributed by atoms with van der Waals surface area (Å²) in [4.78, 5) is 6.49. The van der Waals surface area contributed by atoms with Gasteiger partial charge in [0.1, 0.15) is 0 Å². The molecule has 1 aromatic carbocycles. The van der Waals surface area contributed by atoms with Gasteiger partial charge in [-0.15, -0.1) is 11.8 Å². The molecule has 0 amide bonds. The van der Waals surface area contributed by atoms with E-state index in [9.17, 15) is 13.2 Å². The minimum absolute atomic E-state index is 0.118. The molecule has 1 aliphatic heterocycles. The van der Waals surface area contributed by atoms with Crippen molar-refractivity contribution < 1.29 is 13.2 Å². The van der Waals surface area contributed by atoms with Crippen LogP contribution in [0.4, 0.5) is 13.2 Å². The molecule has 0 unspecified atom stereocenters. The Morgan fingerprint density at radius 2 is 2.17 bits per heavy atom. The first-order chi connectivity index (χ1) is 11.0. The summed E-state index contributed by atoms with van der Waals surface area (Å²) in [6.07, 6.45) is 2.05. The Hall–Kier alpha value is -1.14. The molecule has 1 saturated heterocycles. The summed E-state index contributed by atoms with van der Waals surface area (Å²) in [6.45, 7) is 0.895. The molecule has 6 heteroatoms. The van der Waals surface area contributed by atoms with Crippen LogP contribution in [0.2, 0.25) is 0 Å². The second-order valence-electron chi connectivity index (χ2n) is 6.13. The zero-order valence-electron chi connectivity index (χ0n) is 13.1. The molecule has 2 nitrogen and oxygen atoms in total. The number of nitrogens with one attached hydrogen (secondary N) is 1. The van der Waals surface area contributed by atoms with Gasteiger partial charge >= 0.3 is 6.18 Å². The number of aromatic amines is 1. The van der Waals surface area contributed by atoms with E-state index < -0.39 is 12.6 Å². The van der Waals surface area contributed by atoms with Gasteiger partial charge in [0, 0.05) is 34.6 Å². The molecule has 2 aromatic rings. The van der Waals surface area contributed by atoms with Crippen LogP contribution < -0.4 is 0 Å². The van der Waals surface area contributed by atoms with Gasteiger partial charge in [-0.25, -0.2) is 0 Å². The van der Waals surface area contributed by atoms with Crippen molar-refractivity contribution in [3.63, 3.8) is 0 Å². The van der Waals surface area contributed by atoms with Crippen LogP contribution in [0.1, 0.15) is 24.8 Å². The lowest BCUT2D eigenvalue weighted by atomic mass is 10.0. The quantitative estimate of drug-likeness (QED) is 0.784. The van der Waals surface area contributed by atoms with Crippen molar-refractivity contribution in [3.05, 3.63) is 30.0 Å². The molecule has 1 fully saturated rings. The van der Waals surface area contributed by atoms with E-state index in [0.29, 0.717) is 0 Å². The highest BCUT2D eigenvalue weighted by molar-refractivity contribution is 7.98. The number of hydrogen-bond acceptors (Lipinski definition) is 2. The minimum Gasteiger partial charge on any atom is -0.361 e. The molecule has 0 bridgehead atoms. The van der Waals surface area contributed by atoms with Crippen LogP contribution in [0.25, 0.3) is 10.9 Å². The summed E-state index contributed by atoms with van der Waals surface area (Å²) in [5.74, 6) is 0. The number of aromatic nitrogens is 1. The Kier molecular flexibility index (Phi) is 4.92. The highest BCUT2D eigenvalue weighted by atomic mass is 32.2. The van der Waals surface area contributed by atoms with E-state index in [1.165, 1.54) is 15.8 Å². The second kappa shape index (κ2) is 6.77. The third kappa shape index (κ3) is 4.04. The van der Waals surface area contributed by atoms with E-state index in [-0.39, 0.29) is 12.6 Å². The first-order valence-electron chi connectivity index (χ1n) is 7.91. The Morgan fingerprint density at radius 1 is 1.35 bits per heavy atom. The van der Waals surface area contributed by atoms with Crippen molar-refractivity contribution in [2.75, 3.05) is 19.3 Å². The number of benzene rings is 1. The topological polar surface area (TPSA) is 19.0 Å². The third-order valence-corrected chi connectivity index (χ3v) is 5.34. The van der Waals surface area contributed by atoms with Crippen LogP contribution in [0.3, 0.4) is 0 Å². The smallest absolute Gasteiger partial charge is 0.361 e. The maximum absolute atomic E-state index is 12.5. The van der Waals surface area contributed by atoms with E-state index in [1.807, 2.05) is 17.4 Å². The molecule has 2 heterocycles. The van der Waals surface area contributed by atoms with Gasteiger partial charge < -0.3 is 4.98 Å². The summed E-state index contributed by atoms with van der Waals surface area (Å²) in [6, 6.07) is 6.54. The molecule has 1 aliphatic rings. The molecule has 23 heavy (non-hydrogen) atoms. The Balaban J connectivity index is 1.73. The first kappa shape index (κ1) is 16.7. The van der Waals surface area contributed by atoms with Gasteiger partial charge in [-0.3, -0.25) is 4.90 Å². The number of nitrogens with zero attached hydrogens (tertiary/aromatic N) is 1. The number of likely N-dealkylation sites (tertiary alicyclic amines) is 1. The fraction of sp³-hybridized carbons (Fsp3) is 0.529. The number of halogens is 3. The molecular weight excluding hydrogens is 321 g/mol. The molecule has 3 rings (SSSR count). The minimum atomic E-state index is -4.07. The number of hydrogen-bond donors (Lipinski definition) is 1. The number of H-pyrrole nitrogens is 1. The normalized spacial score (nSPS) is 19.7.